The van der Waals surface area contributed by atoms with Gasteiger partial charge in [-0.3, -0.25) is 4.79 Å². The maximum Gasteiger partial charge on any atom is 0.250 e. The van der Waals surface area contributed by atoms with Gasteiger partial charge in [-0.2, -0.15) is 0 Å². The second-order valence-corrected chi connectivity index (χ2v) is 2.61. The van der Waals surface area contributed by atoms with Crippen LogP contribution >= 0.6 is 12.8 Å². The van der Waals surface area contributed by atoms with Crippen LogP contribution in [0.2, 0.25) is 0 Å². The van der Waals surface area contributed by atoms with Crippen LogP contribution in [0.4, 0.5) is 0 Å². The van der Waals surface area contributed by atoms with Crippen molar-refractivity contribution in [3.63, 3.8) is 0 Å². The van der Waals surface area contributed by atoms with E-state index in [4.69, 9.17) is 7.85 Å². The van der Waals surface area contributed by atoms with E-state index in [0.29, 0.717) is 11.0 Å². The summed E-state index contributed by atoms with van der Waals surface area (Å²) in [5, 5.41) is 0. The summed E-state index contributed by atoms with van der Waals surface area (Å²) >= 11 is 3.64. The molecule has 0 aliphatic rings. The largest absolute Gasteiger partial charge is 0.319 e. The van der Waals surface area contributed by atoms with Gasteiger partial charge in [-0.1, -0.05) is 5.46 Å². The molecule has 3 nitrogen and oxygen atoms in total. The summed E-state index contributed by atoms with van der Waals surface area (Å²) < 4.78 is 4.89. The van der Waals surface area contributed by atoms with Crippen molar-refractivity contribution in [1.29, 1.82) is 0 Å². The van der Waals surface area contributed by atoms with Gasteiger partial charge in [0.2, 0.25) is 0 Å². The van der Waals surface area contributed by atoms with Gasteiger partial charge in [0.1, 0.15) is 7.85 Å². The third kappa shape index (κ3) is 1.79. The zero-order chi connectivity index (χ0) is 9.14. The lowest BCUT2D eigenvalue weighted by molar-refractivity contribution is 0.865. The minimum Gasteiger partial charge on any atom is -0.319 e. The highest BCUT2D eigenvalue weighted by molar-refractivity contribution is 7.79. The van der Waals surface area contributed by atoms with Crippen molar-refractivity contribution in [2.45, 2.75) is 0 Å². The van der Waals surface area contributed by atoms with Crippen molar-refractivity contribution < 1.29 is 0 Å². The molecule has 0 aromatic carbocycles. The van der Waals surface area contributed by atoms with Gasteiger partial charge in [-0.25, -0.2) is 4.40 Å². The van der Waals surface area contributed by atoms with Crippen molar-refractivity contribution in [1.82, 2.24) is 4.57 Å². The Hall–Kier alpha value is -0.965. The molecule has 60 valence electrons. The molecule has 0 atom stereocenters. The molecule has 2 radical (unpaired) electrons. The molecule has 0 saturated carbocycles. The van der Waals surface area contributed by atoms with Crippen molar-refractivity contribution in [3.05, 3.63) is 28.2 Å². The monoisotopic (exact) mass is 178 g/mol. The molecule has 1 rings (SSSR count). The maximum absolute atomic E-state index is 11.1. The van der Waals surface area contributed by atoms with Crippen LogP contribution in [-0.2, 0) is 7.05 Å². The fourth-order valence-electron chi connectivity index (χ4n) is 0.839. The lowest BCUT2D eigenvalue weighted by atomic mass is 9.93. The Balaban J connectivity index is 3.33. The highest BCUT2D eigenvalue weighted by atomic mass is 32.1. The molecule has 12 heavy (non-hydrogen) atoms. The summed E-state index contributed by atoms with van der Waals surface area (Å²) in [6.45, 7) is 0. The molecule has 0 aliphatic heterocycles. The van der Waals surface area contributed by atoms with Crippen LogP contribution in [0.5, 0.6) is 0 Å². The van der Waals surface area contributed by atoms with E-state index in [2.05, 4.69) is 17.2 Å². The van der Waals surface area contributed by atoms with Crippen LogP contribution in [0.1, 0.15) is 5.56 Å². The number of rotatable bonds is 1. The standard InChI is InChI=1S/C7H7BN2OS/c1-10-4-6(8)5(3-9-12)2-7(10)11/h2-4,12H,1H3. The quantitative estimate of drug-likeness (QED) is 0.349. The smallest absolute Gasteiger partial charge is 0.250 e. The lowest BCUT2D eigenvalue weighted by Crippen LogP contribution is -2.24. The summed E-state index contributed by atoms with van der Waals surface area (Å²) in [4.78, 5) is 11.1. The highest BCUT2D eigenvalue weighted by Crippen LogP contribution is 1.86. The molecule has 1 aromatic rings. The lowest BCUT2D eigenvalue weighted by Gasteiger charge is -2.01. The molecule has 0 fully saturated rings. The van der Waals surface area contributed by atoms with Crippen molar-refractivity contribution in [2.24, 2.45) is 11.4 Å². The summed E-state index contributed by atoms with van der Waals surface area (Å²) in [6.07, 6.45) is 2.98. The topological polar surface area (TPSA) is 34.4 Å². The molecule has 5 heteroatoms. The summed E-state index contributed by atoms with van der Waals surface area (Å²) in [5.41, 5.74) is 0.982. The number of pyridine rings is 1. The zero-order valence-corrected chi connectivity index (χ0v) is 7.45. The van der Waals surface area contributed by atoms with Crippen molar-refractivity contribution in [3.8, 4) is 0 Å². The summed E-state index contributed by atoms with van der Waals surface area (Å²) in [5.74, 6) is 0. The number of hydrogen-bond acceptors (Lipinski definition) is 3. The van der Waals surface area contributed by atoms with E-state index in [-0.39, 0.29) is 5.56 Å². The van der Waals surface area contributed by atoms with Crippen LogP contribution in [0.15, 0.2) is 21.5 Å². The van der Waals surface area contributed by atoms with E-state index in [1.54, 1.807) is 13.2 Å². The van der Waals surface area contributed by atoms with Gasteiger partial charge in [0.25, 0.3) is 5.56 Å². The fourth-order valence-corrected chi connectivity index (χ4v) is 0.963. The average Bonchev–Trinajstić information content (AvgIpc) is 2.01. The average molecular weight is 178 g/mol. The molecule has 0 saturated heterocycles. The number of hydrogen-bond donors (Lipinski definition) is 1. The van der Waals surface area contributed by atoms with Crippen LogP contribution in [0.3, 0.4) is 0 Å². The minimum absolute atomic E-state index is 0.118. The molecule has 0 unspecified atom stereocenters. The Labute approximate surface area is 77.1 Å². The third-order valence-electron chi connectivity index (χ3n) is 1.49. The molecule has 0 aliphatic carbocycles. The van der Waals surface area contributed by atoms with E-state index in [1.807, 2.05) is 0 Å². The molecular weight excluding hydrogens is 171 g/mol. The van der Waals surface area contributed by atoms with E-state index in [9.17, 15) is 4.79 Å². The molecule has 1 heterocycles. The fraction of sp³-hybridized carbons (Fsp3) is 0.143. The Kier molecular flexibility index (Phi) is 2.76. The van der Waals surface area contributed by atoms with Crippen LogP contribution in [0.25, 0.3) is 0 Å². The number of thiol groups is 1. The number of aromatic nitrogens is 1. The number of nitrogens with zero attached hydrogens (tertiary/aromatic N) is 2. The summed E-state index contributed by atoms with van der Waals surface area (Å²) in [6, 6.07) is 1.41. The van der Waals surface area contributed by atoms with Crippen LogP contribution in [0, 0.1) is 0 Å². The van der Waals surface area contributed by atoms with Gasteiger partial charge in [0.15, 0.2) is 0 Å². The normalized spacial score (nSPS) is 10.8. The zero-order valence-electron chi connectivity index (χ0n) is 6.56. The predicted octanol–water partition coefficient (Wildman–Crippen LogP) is -0.557. The van der Waals surface area contributed by atoms with Gasteiger partial charge >= 0.3 is 0 Å². The van der Waals surface area contributed by atoms with Crippen molar-refractivity contribution in [2.75, 3.05) is 0 Å². The molecule has 0 spiro atoms. The Morgan fingerprint density at radius 2 is 2.42 bits per heavy atom. The highest BCUT2D eigenvalue weighted by Gasteiger charge is 1.97. The van der Waals surface area contributed by atoms with Crippen LogP contribution < -0.4 is 11.0 Å². The maximum atomic E-state index is 11.1. The Morgan fingerprint density at radius 1 is 1.75 bits per heavy atom. The molecule has 0 bridgehead atoms. The van der Waals surface area contributed by atoms with Gasteiger partial charge in [0, 0.05) is 25.5 Å². The van der Waals surface area contributed by atoms with Gasteiger partial charge in [-0.15, -0.1) is 0 Å². The van der Waals surface area contributed by atoms with E-state index in [1.165, 1.54) is 16.8 Å². The predicted molar refractivity (Wildman–Crippen MR) is 53.7 cm³/mol. The summed E-state index contributed by atoms with van der Waals surface area (Å²) in [7, 11) is 7.23. The molecule has 0 amide bonds. The number of aryl methyl sites for hydroxylation is 1. The third-order valence-corrected chi connectivity index (χ3v) is 1.60. The van der Waals surface area contributed by atoms with E-state index < -0.39 is 0 Å². The first-order valence-electron chi connectivity index (χ1n) is 3.28. The minimum atomic E-state index is -0.118. The van der Waals surface area contributed by atoms with Gasteiger partial charge < -0.3 is 4.57 Å². The first kappa shape index (κ1) is 9.13. The van der Waals surface area contributed by atoms with Crippen molar-refractivity contribution >= 4 is 32.3 Å². The first-order chi connectivity index (χ1) is 5.65. The Morgan fingerprint density at radius 3 is 3.00 bits per heavy atom. The first-order valence-corrected chi connectivity index (χ1v) is 3.68. The molecule has 1 aromatic heterocycles. The van der Waals surface area contributed by atoms with E-state index in [0.717, 1.165) is 0 Å². The molecule has 0 N–H and O–H groups in total. The second-order valence-electron chi connectivity index (χ2n) is 2.38. The van der Waals surface area contributed by atoms with Gasteiger partial charge in [-0.05, 0) is 18.4 Å². The molecular formula is C7H7BN2OS. The second kappa shape index (κ2) is 3.62. The van der Waals surface area contributed by atoms with Gasteiger partial charge in [0.05, 0.1) is 0 Å². The van der Waals surface area contributed by atoms with Crippen LogP contribution in [-0.4, -0.2) is 18.6 Å². The SMILES string of the molecule is [B]c1cn(C)c(=O)cc1C=NS. The van der Waals surface area contributed by atoms with E-state index >= 15 is 0 Å². The Bertz CT molecular complexity index is 372.